The van der Waals surface area contributed by atoms with E-state index in [0.717, 1.165) is 0 Å². The van der Waals surface area contributed by atoms with Gasteiger partial charge in [0, 0.05) is 0 Å². The van der Waals surface area contributed by atoms with Crippen molar-refractivity contribution in [2.45, 2.75) is 0 Å². The van der Waals surface area contributed by atoms with E-state index in [1.807, 2.05) is 0 Å². The van der Waals surface area contributed by atoms with Gasteiger partial charge in [-0.05, 0) is 0 Å². The Bertz CT molecular complexity index is 33.8. The zero-order chi connectivity index (χ0) is 3.58. The first-order valence-corrected chi connectivity index (χ1v) is 0.651. The first-order valence-electron chi connectivity index (χ1n) is 0.651. The van der Waals surface area contributed by atoms with Crippen LogP contribution in [0.15, 0.2) is 0 Å². The molecular weight excluding hydrogens is 125 g/mol. The van der Waals surface area contributed by atoms with Gasteiger partial charge in [0.2, 0.25) is 0 Å². The molecule has 0 aromatic carbocycles. The summed E-state index contributed by atoms with van der Waals surface area (Å²) in [6.45, 7) is 0. The van der Waals surface area contributed by atoms with Crippen molar-refractivity contribution in [3.8, 4) is 0 Å². The monoisotopic (exact) mass is 127 g/mol. The second-order valence-electron chi connectivity index (χ2n) is 0.283. The summed E-state index contributed by atoms with van der Waals surface area (Å²) in [6.07, 6.45) is -1.83. The van der Waals surface area contributed by atoms with Gasteiger partial charge >= 0.3 is 27.1 Å². The number of carboxylic acid groups (broad SMARTS) is 2. The van der Waals surface area contributed by atoms with Crippen LogP contribution in [0.2, 0.25) is 0 Å². The molecule has 0 aromatic heterocycles. The average Bonchev–Trinajstić information content (AvgIpc) is 0.811. The SMILES string of the molecule is O=C(O)O.[H+].[Zn+2]. The van der Waals surface area contributed by atoms with Crippen molar-refractivity contribution in [1.29, 1.82) is 0 Å². The van der Waals surface area contributed by atoms with Crippen LogP contribution in [0, 0.1) is 0 Å². The summed E-state index contributed by atoms with van der Waals surface area (Å²) in [5.41, 5.74) is 0. The van der Waals surface area contributed by atoms with Crippen LogP contribution in [0.1, 0.15) is 1.43 Å². The Labute approximate surface area is 42.9 Å². The van der Waals surface area contributed by atoms with Crippen LogP contribution in [-0.2, 0) is 19.5 Å². The molecule has 0 aromatic rings. The molecule has 0 saturated carbocycles. The van der Waals surface area contributed by atoms with E-state index < -0.39 is 6.16 Å². The summed E-state index contributed by atoms with van der Waals surface area (Å²) in [6, 6.07) is 0. The van der Waals surface area contributed by atoms with E-state index in [9.17, 15) is 0 Å². The molecule has 2 N–H and O–H groups in total. The molecular formula is CH3O3Zn+3. The molecule has 3 nitrogen and oxygen atoms in total. The molecule has 5 heavy (non-hydrogen) atoms. The van der Waals surface area contributed by atoms with Gasteiger partial charge in [-0.25, -0.2) is 4.79 Å². The fraction of sp³-hybridized carbons (Fsp3) is 0. The minimum atomic E-state index is -1.83. The fourth-order valence-corrected chi connectivity index (χ4v) is 0. The summed E-state index contributed by atoms with van der Waals surface area (Å²) in [4.78, 5) is 8.56. The van der Waals surface area contributed by atoms with Crippen LogP contribution in [-0.4, -0.2) is 16.4 Å². The zero-order valence-corrected chi connectivity index (χ0v) is 5.48. The van der Waals surface area contributed by atoms with Crippen LogP contribution >= 0.6 is 0 Å². The summed E-state index contributed by atoms with van der Waals surface area (Å²) in [5, 5.41) is 13.9. The Hall–Kier alpha value is -0.107. The maximum absolute atomic E-state index is 8.56. The Morgan fingerprint density at radius 1 is 1.60 bits per heavy atom. The molecule has 0 bridgehead atoms. The first kappa shape index (κ1) is 8.86. The standard InChI is InChI=1S/CH2O3.Zn/c2-1(3)4;/h(H2,2,3,4);/q;+2/p+1. The van der Waals surface area contributed by atoms with E-state index in [2.05, 4.69) is 0 Å². The van der Waals surface area contributed by atoms with Gasteiger partial charge in [-0.3, -0.25) is 0 Å². The van der Waals surface area contributed by atoms with Crippen LogP contribution in [0.25, 0.3) is 0 Å². The van der Waals surface area contributed by atoms with Crippen molar-refractivity contribution in [2.24, 2.45) is 0 Å². The molecule has 0 rings (SSSR count). The van der Waals surface area contributed by atoms with Crippen molar-refractivity contribution in [1.82, 2.24) is 0 Å². The molecule has 0 atom stereocenters. The molecule has 0 amide bonds. The maximum atomic E-state index is 8.56. The predicted octanol–water partition coefficient (Wildman–Crippen LogP) is 0.332. The Kier molecular flexibility index (Phi) is 6.90. The van der Waals surface area contributed by atoms with E-state index in [-0.39, 0.29) is 20.9 Å². The minimum Gasteiger partial charge on any atom is -0.450 e. The fourth-order valence-electron chi connectivity index (χ4n) is 0. The van der Waals surface area contributed by atoms with Crippen LogP contribution in [0.3, 0.4) is 0 Å². The summed E-state index contributed by atoms with van der Waals surface area (Å²) < 4.78 is 0. The van der Waals surface area contributed by atoms with Crippen LogP contribution in [0.5, 0.6) is 0 Å². The zero-order valence-electron chi connectivity index (χ0n) is 3.51. The molecule has 0 aliphatic rings. The molecule has 0 aliphatic carbocycles. The van der Waals surface area contributed by atoms with Crippen molar-refractivity contribution < 1.29 is 35.9 Å². The van der Waals surface area contributed by atoms with Crippen LogP contribution in [0.4, 0.5) is 4.79 Å². The first-order chi connectivity index (χ1) is 1.73. The quantitative estimate of drug-likeness (QED) is 0.462. The van der Waals surface area contributed by atoms with Crippen molar-refractivity contribution in [2.75, 3.05) is 0 Å². The van der Waals surface area contributed by atoms with Crippen LogP contribution < -0.4 is 0 Å². The molecule has 24 valence electrons. The third-order valence-electron chi connectivity index (χ3n) is 0. The van der Waals surface area contributed by atoms with Gasteiger partial charge in [0.25, 0.3) is 0 Å². The molecule has 0 fully saturated rings. The summed E-state index contributed by atoms with van der Waals surface area (Å²) in [5.74, 6) is 0. The van der Waals surface area contributed by atoms with Crippen molar-refractivity contribution >= 4 is 6.16 Å². The van der Waals surface area contributed by atoms with Crippen molar-refractivity contribution in [3.05, 3.63) is 0 Å². The number of carbonyl (C=O) groups is 1. The minimum absolute atomic E-state index is 0. The smallest absolute Gasteiger partial charge is 0.450 e. The molecule has 0 saturated heterocycles. The molecule has 0 spiro atoms. The Balaban J connectivity index is -0.0000000450. The molecule has 0 unspecified atom stereocenters. The summed E-state index contributed by atoms with van der Waals surface area (Å²) >= 11 is 0. The van der Waals surface area contributed by atoms with Gasteiger partial charge in [0.1, 0.15) is 0 Å². The second-order valence-corrected chi connectivity index (χ2v) is 0.283. The topological polar surface area (TPSA) is 57.5 Å². The number of hydrogen-bond donors (Lipinski definition) is 2. The third-order valence-corrected chi connectivity index (χ3v) is 0. The second kappa shape index (κ2) is 3.89. The Morgan fingerprint density at radius 2 is 1.60 bits per heavy atom. The Morgan fingerprint density at radius 3 is 1.60 bits per heavy atom. The normalized spacial score (nSPS) is 4.80. The molecule has 0 heterocycles. The third kappa shape index (κ3) is 1230. The number of rotatable bonds is 0. The summed E-state index contributed by atoms with van der Waals surface area (Å²) in [7, 11) is 0. The van der Waals surface area contributed by atoms with Gasteiger partial charge in [-0.1, -0.05) is 0 Å². The number of hydrogen-bond acceptors (Lipinski definition) is 1. The maximum Gasteiger partial charge on any atom is 2.00 e. The predicted molar refractivity (Wildman–Crippen MR) is 11.8 cm³/mol. The average molecular weight is 128 g/mol. The van der Waals surface area contributed by atoms with Crippen molar-refractivity contribution in [3.63, 3.8) is 0 Å². The van der Waals surface area contributed by atoms with E-state index >= 15 is 0 Å². The van der Waals surface area contributed by atoms with E-state index in [1.54, 1.807) is 0 Å². The van der Waals surface area contributed by atoms with E-state index in [4.69, 9.17) is 15.0 Å². The van der Waals surface area contributed by atoms with Gasteiger partial charge in [0.15, 0.2) is 0 Å². The van der Waals surface area contributed by atoms with Gasteiger partial charge in [0.05, 0.1) is 0 Å². The largest absolute Gasteiger partial charge is 2.00 e. The van der Waals surface area contributed by atoms with Gasteiger partial charge in [-0.2, -0.15) is 0 Å². The van der Waals surface area contributed by atoms with E-state index in [1.165, 1.54) is 0 Å². The van der Waals surface area contributed by atoms with E-state index in [0.29, 0.717) is 0 Å². The van der Waals surface area contributed by atoms with Gasteiger partial charge < -0.3 is 10.2 Å². The molecule has 4 heteroatoms. The molecule has 0 radical (unpaired) electrons. The van der Waals surface area contributed by atoms with Gasteiger partial charge in [-0.15, -0.1) is 0 Å². The molecule has 0 aliphatic heterocycles.